The average molecular weight is 370 g/mol. The van der Waals surface area contributed by atoms with Crippen molar-refractivity contribution in [2.75, 3.05) is 4.90 Å². The number of fused-ring (bicyclic) bond motifs is 1. The highest BCUT2D eigenvalue weighted by atomic mass is 19.4. The van der Waals surface area contributed by atoms with E-state index in [4.69, 9.17) is 4.74 Å². The van der Waals surface area contributed by atoms with Gasteiger partial charge in [0.1, 0.15) is 5.72 Å². The van der Waals surface area contributed by atoms with E-state index in [9.17, 15) is 27.5 Å². The third kappa shape index (κ3) is 3.34. The van der Waals surface area contributed by atoms with E-state index in [2.05, 4.69) is 4.98 Å². The topological polar surface area (TPSA) is 62.7 Å². The average Bonchev–Trinajstić information content (AvgIpc) is 2.54. The number of hydrogen-bond donors (Lipinski definition) is 1. The Morgan fingerprint density at radius 1 is 1.35 bits per heavy atom. The molecule has 0 radical (unpaired) electrons. The van der Waals surface area contributed by atoms with E-state index in [1.165, 1.54) is 6.92 Å². The van der Waals surface area contributed by atoms with E-state index in [1.807, 2.05) is 0 Å². The molecule has 2 aromatic rings. The molecular weight excluding hydrogens is 356 g/mol. The van der Waals surface area contributed by atoms with Gasteiger partial charge in [-0.05, 0) is 37.5 Å². The van der Waals surface area contributed by atoms with Crippen molar-refractivity contribution >= 4 is 11.8 Å². The van der Waals surface area contributed by atoms with Gasteiger partial charge >= 0.3 is 12.3 Å². The van der Waals surface area contributed by atoms with Crippen LogP contribution in [-0.2, 0) is 12.6 Å². The number of aliphatic hydroxyl groups is 1. The van der Waals surface area contributed by atoms with Crippen LogP contribution in [0, 0.1) is 5.82 Å². The third-order valence-corrected chi connectivity index (χ3v) is 4.08. The number of anilines is 1. The number of benzene rings is 1. The van der Waals surface area contributed by atoms with Crippen molar-refractivity contribution in [3.63, 3.8) is 0 Å². The highest BCUT2D eigenvalue weighted by Crippen LogP contribution is 2.36. The highest BCUT2D eigenvalue weighted by Gasteiger charge is 2.40. The molecule has 0 spiro atoms. The molecule has 1 unspecified atom stereocenters. The highest BCUT2D eigenvalue weighted by molar-refractivity contribution is 5.91. The summed E-state index contributed by atoms with van der Waals surface area (Å²) in [4.78, 5) is 16.7. The minimum Gasteiger partial charge on any atom is -0.388 e. The summed E-state index contributed by atoms with van der Waals surface area (Å²) in [5.74, 6) is -2.33. The van der Waals surface area contributed by atoms with Gasteiger partial charge in [0.25, 0.3) is 5.88 Å². The fraction of sp³-hybridized carbons (Fsp3) is 0.294. The van der Waals surface area contributed by atoms with Gasteiger partial charge in [0.15, 0.2) is 5.82 Å². The Hall–Kier alpha value is -2.68. The Morgan fingerprint density at radius 3 is 2.69 bits per heavy atom. The number of pyridine rings is 1. The number of hydrogen-bond acceptors (Lipinski definition) is 4. The molecule has 0 saturated heterocycles. The first-order valence-electron chi connectivity index (χ1n) is 7.65. The molecule has 1 N–H and O–H groups in total. The number of aromatic nitrogens is 1. The lowest BCUT2D eigenvalue weighted by Gasteiger charge is -2.40. The SMILES string of the molecule is CC1(O)CCc2ccccc2N1C(=O)Oc1ncc(C(F)(F)F)cc1F. The summed E-state index contributed by atoms with van der Waals surface area (Å²) < 4.78 is 56.4. The number of carbonyl (C=O) groups is 1. The van der Waals surface area contributed by atoms with E-state index < -0.39 is 35.3 Å². The summed E-state index contributed by atoms with van der Waals surface area (Å²) >= 11 is 0. The van der Waals surface area contributed by atoms with Crippen LogP contribution in [0.4, 0.5) is 28.0 Å². The van der Waals surface area contributed by atoms with Crippen LogP contribution >= 0.6 is 0 Å². The molecule has 1 aliphatic rings. The van der Waals surface area contributed by atoms with Gasteiger partial charge in [-0.1, -0.05) is 18.2 Å². The zero-order chi connectivity index (χ0) is 19.1. The van der Waals surface area contributed by atoms with Crippen molar-refractivity contribution in [3.8, 4) is 5.88 Å². The number of rotatable bonds is 1. The number of carbonyl (C=O) groups excluding carboxylic acids is 1. The summed E-state index contributed by atoms with van der Waals surface area (Å²) in [6, 6.07) is 6.96. The predicted octanol–water partition coefficient (Wildman–Crippen LogP) is 3.90. The van der Waals surface area contributed by atoms with Crippen LogP contribution in [0.15, 0.2) is 36.5 Å². The maximum Gasteiger partial charge on any atom is 0.423 e. The lowest BCUT2D eigenvalue weighted by Crippen LogP contribution is -2.54. The second kappa shape index (κ2) is 6.24. The van der Waals surface area contributed by atoms with Crippen molar-refractivity contribution in [2.45, 2.75) is 31.7 Å². The molecule has 1 aromatic heterocycles. The Kier molecular flexibility index (Phi) is 4.35. The van der Waals surface area contributed by atoms with Crippen molar-refractivity contribution in [3.05, 3.63) is 53.5 Å². The molecule has 3 rings (SSSR count). The molecule has 0 saturated carbocycles. The summed E-state index contributed by atoms with van der Waals surface area (Å²) in [5.41, 5.74) is -1.75. The maximum absolute atomic E-state index is 13.9. The van der Waals surface area contributed by atoms with Gasteiger partial charge in [-0.3, -0.25) is 0 Å². The van der Waals surface area contributed by atoms with Crippen LogP contribution in [0.5, 0.6) is 5.88 Å². The number of nitrogens with zero attached hydrogens (tertiary/aromatic N) is 2. The number of amides is 1. The van der Waals surface area contributed by atoms with Gasteiger partial charge < -0.3 is 9.84 Å². The summed E-state index contributed by atoms with van der Waals surface area (Å²) in [6.45, 7) is 1.39. The summed E-state index contributed by atoms with van der Waals surface area (Å²) in [6.07, 6.45) is -4.82. The maximum atomic E-state index is 13.9. The summed E-state index contributed by atoms with van der Waals surface area (Å²) in [5, 5.41) is 10.5. The van der Waals surface area contributed by atoms with Gasteiger partial charge in [-0.15, -0.1) is 0 Å². The van der Waals surface area contributed by atoms with Gasteiger partial charge in [-0.2, -0.15) is 13.2 Å². The quantitative estimate of drug-likeness (QED) is 0.774. The second-order valence-corrected chi connectivity index (χ2v) is 6.06. The molecule has 26 heavy (non-hydrogen) atoms. The first kappa shape index (κ1) is 18.1. The zero-order valence-corrected chi connectivity index (χ0v) is 13.5. The lowest BCUT2D eigenvalue weighted by atomic mass is 9.94. The van der Waals surface area contributed by atoms with Crippen LogP contribution in [0.3, 0.4) is 0 Å². The molecule has 1 aliphatic heterocycles. The van der Waals surface area contributed by atoms with E-state index in [1.54, 1.807) is 24.3 Å². The molecule has 2 heterocycles. The van der Waals surface area contributed by atoms with Crippen LogP contribution in [0.25, 0.3) is 0 Å². The molecule has 1 amide bonds. The van der Waals surface area contributed by atoms with Crippen molar-refractivity contribution < 1.29 is 32.2 Å². The molecule has 5 nitrogen and oxygen atoms in total. The molecule has 138 valence electrons. The zero-order valence-electron chi connectivity index (χ0n) is 13.5. The number of halogens is 4. The number of alkyl halides is 3. The van der Waals surface area contributed by atoms with E-state index in [0.717, 1.165) is 10.5 Å². The molecule has 1 atom stereocenters. The Labute approximate surface area is 145 Å². The minimum atomic E-state index is -4.77. The number of para-hydroxylation sites is 1. The molecule has 1 aromatic carbocycles. The molecule has 9 heteroatoms. The standard InChI is InChI=1S/C17H14F4N2O3/c1-16(25)7-6-10-4-2-3-5-13(10)23(16)15(24)26-14-12(18)8-11(9-22-14)17(19,20)21/h2-5,8-9,25H,6-7H2,1H3. The van der Waals surface area contributed by atoms with E-state index >= 15 is 0 Å². The number of ether oxygens (including phenoxy) is 1. The van der Waals surface area contributed by atoms with Gasteiger partial charge in [0.2, 0.25) is 0 Å². The normalized spacial score (nSPS) is 19.8. The first-order chi connectivity index (χ1) is 12.1. The minimum absolute atomic E-state index is 0.192. The fourth-order valence-corrected chi connectivity index (χ4v) is 2.76. The van der Waals surface area contributed by atoms with Crippen LogP contribution in [0.1, 0.15) is 24.5 Å². The largest absolute Gasteiger partial charge is 0.423 e. The Bertz CT molecular complexity index is 852. The monoisotopic (exact) mass is 370 g/mol. The van der Waals surface area contributed by atoms with Crippen LogP contribution in [0.2, 0.25) is 0 Å². The van der Waals surface area contributed by atoms with Crippen molar-refractivity contribution in [1.82, 2.24) is 4.98 Å². The predicted molar refractivity (Wildman–Crippen MR) is 83.1 cm³/mol. The van der Waals surface area contributed by atoms with Crippen molar-refractivity contribution in [2.24, 2.45) is 0 Å². The lowest BCUT2D eigenvalue weighted by molar-refractivity contribution is -0.138. The smallest absolute Gasteiger partial charge is 0.388 e. The van der Waals surface area contributed by atoms with Crippen molar-refractivity contribution in [1.29, 1.82) is 0 Å². The molecule has 0 fully saturated rings. The third-order valence-electron chi connectivity index (χ3n) is 4.08. The Balaban J connectivity index is 1.90. The van der Waals surface area contributed by atoms with Gasteiger partial charge in [0.05, 0.1) is 11.3 Å². The van der Waals surface area contributed by atoms with Crippen LogP contribution in [-0.4, -0.2) is 21.9 Å². The van der Waals surface area contributed by atoms with Gasteiger partial charge in [-0.25, -0.2) is 19.1 Å². The van der Waals surface area contributed by atoms with E-state index in [0.29, 0.717) is 18.3 Å². The fourth-order valence-electron chi connectivity index (χ4n) is 2.76. The molecular formula is C17H14F4N2O3. The molecule has 0 bridgehead atoms. The van der Waals surface area contributed by atoms with Crippen LogP contribution < -0.4 is 9.64 Å². The summed E-state index contributed by atoms with van der Waals surface area (Å²) in [7, 11) is 0. The Morgan fingerprint density at radius 2 is 2.04 bits per heavy atom. The molecule has 0 aliphatic carbocycles. The van der Waals surface area contributed by atoms with E-state index in [-0.39, 0.29) is 12.5 Å². The van der Waals surface area contributed by atoms with Gasteiger partial charge in [0, 0.05) is 6.20 Å². The number of aryl methyl sites for hydroxylation is 1. The first-order valence-corrected chi connectivity index (χ1v) is 7.65. The second-order valence-electron chi connectivity index (χ2n) is 6.06.